The highest BCUT2D eigenvalue weighted by molar-refractivity contribution is 7.89. The Labute approximate surface area is 193 Å². The van der Waals surface area contributed by atoms with Gasteiger partial charge in [0.15, 0.2) is 11.5 Å². The van der Waals surface area contributed by atoms with Crippen LogP contribution < -0.4 is 24.4 Å². The monoisotopic (exact) mass is 481 g/mol. The molecule has 9 nitrogen and oxygen atoms in total. The van der Waals surface area contributed by atoms with Crippen LogP contribution in [0.1, 0.15) is 10.4 Å². The van der Waals surface area contributed by atoms with Gasteiger partial charge in [0.25, 0.3) is 5.91 Å². The lowest BCUT2D eigenvalue weighted by molar-refractivity contribution is 0.0955. The molecule has 1 saturated heterocycles. The normalized spacial score (nSPS) is 14.6. The Bertz CT molecular complexity index is 1050. The van der Waals surface area contributed by atoms with Crippen LogP contribution in [-0.4, -0.2) is 78.4 Å². The Hall–Kier alpha value is -3.05. The first-order chi connectivity index (χ1) is 15.8. The molecule has 1 N–H and O–H groups in total. The lowest BCUT2D eigenvalue weighted by atomic mass is 10.1. The number of carbonyl (C=O) groups is 1. The van der Waals surface area contributed by atoms with Crippen molar-refractivity contribution in [3.8, 4) is 17.2 Å². The SMILES string of the molecule is COc1cc(C(=O)NCCS(=O)(=O)N2CCN(c3ccc(F)cc3)CC2)cc(OC)c1OC. The van der Waals surface area contributed by atoms with Gasteiger partial charge in [-0.05, 0) is 36.4 Å². The largest absolute Gasteiger partial charge is 0.493 e. The summed E-state index contributed by atoms with van der Waals surface area (Å²) in [6.07, 6.45) is 0. The first kappa shape index (κ1) is 24.6. The predicted octanol–water partition coefficient (Wildman–Crippen LogP) is 1.73. The number of piperazine rings is 1. The average molecular weight is 482 g/mol. The second-order valence-corrected chi connectivity index (χ2v) is 9.44. The van der Waals surface area contributed by atoms with E-state index >= 15 is 0 Å². The van der Waals surface area contributed by atoms with E-state index in [0.717, 1.165) is 5.69 Å². The molecular formula is C22H28FN3O6S. The minimum Gasteiger partial charge on any atom is -0.493 e. The summed E-state index contributed by atoms with van der Waals surface area (Å²) in [5.74, 6) is 0.0278. The molecular weight excluding hydrogens is 453 g/mol. The van der Waals surface area contributed by atoms with Crippen LogP contribution in [0.3, 0.4) is 0 Å². The van der Waals surface area contributed by atoms with E-state index < -0.39 is 15.9 Å². The summed E-state index contributed by atoms with van der Waals surface area (Å²) in [5, 5.41) is 2.63. The minimum atomic E-state index is -3.55. The zero-order valence-electron chi connectivity index (χ0n) is 18.8. The van der Waals surface area contributed by atoms with E-state index in [9.17, 15) is 17.6 Å². The van der Waals surface area contributed by atoms with Gasteiger partial charge in [-0.15, -0.1) is 0 Å². The average Bonchev–Trinajstić information content (AvgIpc) is 2.83. The summed E-state index contributed by atoms with van der Waals surface area (Å²) in [5.41, 5.74) is 1.11. The van der Waals surface area contributed by atoms with Crippen LogP contribution in [-0.2, 0) is 10.0 Å². The van der Waals surface area contributed by atoms with E-state index in [1.807, 2.05) is 4.90 Å². The van der Waals surface area contributed by atoms with E-state index in [-0.39, 0.29) is 23.7 Å². The van der Waals surface area contributed by atoms with Crippen molar-refractivity contribution in [1.82, 2.24) is 9.62 Å². The molecule has 0 bridgehead atoms. The van der Waals surface area contributed by atoms with Gasteiger partial charge in [-0.25, -0.2) is 12.8 Å². The van der Waals surface area contributed by atoms with Gasteiger partial charge in [-0.2, -0.15) is 4.31 Å². The number of rotatable bonds is 9. The number of sulfonamides is 1. The molecule has 2 aromatic carbocycles. The van der Waals surface area contributed by atoms with E-state index in [4.69, 9.17) is 14.2 Å². The van der Waals surface area contributed by atoms with Crippen LogP contribution in [0.4, 0.5) is 10.1 Å². The van der Waals surface area contributed by atoms with Crippen LogP contribution in [0.15, 0.2) is 36.4 Å². The molecule has 0 radical (unpaired) electrons. The fraction of sp³-hybridized carbons (Fsp3) is 0.409. The van der Waals surface area contributed by atoms with Crippen molar-refractivity contribution in [3.63, 3.8) is 0 Å². The lowest BCUT2D eigenvalue weighted by Gasteiger charge is -2.35. The summed E-state index contributed by atoms with van der Waals surface area (Å²) < 4.78 is 55.7. The summed E-state index contributed by atoms with van der Waals surface area (Å²) >= 11 is 0. The molecule has 1 amide bonds. The second-order valence-electron chi connectivity index (χ2n) is 7.35. The highest BCUT2D eigenvalue weighted by Gasteiger charge is 2.27. The van der Waals surface area contributed by atoms with Crippen molar-refractivity contribution in [2.24, 2.45) is 0 Å². The second kappa shape index (κ2) is 10.7. The number of benzene rings is 2. The molecule has 180 valence electrons. The Morgan fingerprint density at radius 2 is 1.55 bits per heavy atom. The number of nitrogens with zero attached hydrogens (tertiary/aromatic N) is 2. The topological polar surface area (TPSA) is 97.4 Å². The lowest BCUT2D eigenvalue weighted by Crippen LogP contribution is -2.50. The third-order valence-electron chi connectivity index (χ3n) is 5.40. The predicted molar refractivity (Wildman–Crippen MR) is 122 cm³/mol. The minimum absolute atomic E-state index is 0.0456. The quantitative estimate of drug-likeness (QED) is 0.583. The fourth-order valence-electron chi connectivity index (χ4n) is 3.61. The smallest absolute Gasteiger partial charge is 0.251 e. The van der Waals surface area contributed by atoms with Gasteiger partial charge < -0.3 is 24.4 Å². The molecule has 0 spiro atoms. The molecule has 33 heavy (non-hydrogen) atoms. The maximum atomic E-state index is 13.1. The molecule has 0 atom stereocenters. The van der Waals surface area contributed by atoms with E-state index in [1.165, 1.54) is 49.9 Å². The Kier molecular flexibility index (Phi) is 7.98. The van der Waals surface area contributed by atoms with E-state index in [1.54, 1.807) is 12.1 Å². The van der Waals surface area contributed by atoms with Gasteiger partial charge in [0.05, 0.1) is 27.1 Å². The fourth-order valence-corrected chi connectivity index (χ4v) is 4.95. The van der Waals surface area contributed by atoms with Crippen molar-refractivity contribution in [1.29, 1.82) is 0 Å². The van der Waals surface area contributed by atoms with E-state index in [2.05, 4.69) is 5.32 Å². The molecule has 1 fully saturated rings. The Morgan fingerprint density at radius 3 is 2.06 bits per heavy atom. The summed E-state index contributed by atoms with van der Waals surface area (Å²) in [7, 11) is 0.807. The number of methoxy groups -OCH3 is 3. The number of hydrogen-bond donors (Lipinski definition) is 1. The molecule has 11 heteroatoms. The zero-order valence-corrected chi connectivity index (χ0v) is 19.7. The van der Waals surface area contributed by atoms with Crippen molar-refractivity contribution >= 4 is 21.6 Å². The molecule has 3 rings (SSSR count). The highest BCUT2D eigenvalue weighted by atomic mass is 32.2. The Balaban J connectivity index is 1.55. The van der Waals surface area contributed by atoms with Crippen molar-refractivity contribution in [2.45, 2.75) is 0 Å². The number of anilines is 1. The van der Waals surface area contributed by atoms with Gasteiger partial charge in [-0.3, -0.25) is 4.79 Å². The van der Waals surface area contributed by atoms with Crippen molar-refractivity contribution < 1.29 is 31.8 Å². The number of carbonyl (C=O) groups excluding carboxylic acids is 1. The van der Waals surface area contributed by atoms with Gasteiger partial charge in [0.1, 0.15) is 5.82 Å². The number of hydrogen-bond acceptors (Lipinski definition) is 7. The molecule has 0 saturated carbocycles. The maximum absolute atomic E-state index is 13.1. The van der Waals surface area contributed by atoms with Crippen LogP contribution in [0.5, 0.6) is 17.2 Å². The first-order valence-electron chi connectivity index (χ1n) is 10.4. The molecule has 1 aliphatic rings. The van der Waals surface area contributed by atoms with Crippen LogP contribution in [0.25, 0.3) is 0 Å². The summed E-state index contributed by atoms with van der Waals surface area (Å²) in [6.45, 7) is 1.60. The molecule has 1 aliphatic heterocycles. The Morgan fingerprint density at radius 1 is 0.970 bits per heavy atom. The number of nitrogens with one attached hydrogen (secondary N) is 1. The summed E-state index contributed by atoms with van der Waals surface area (Å²) in [6, 6.07) is 9.13. The molecule has 1 heterocycles. The van der Waals surface area contributed by atoms with Gasteiger partial charge in [0.2, 0.25) is 15.8 Å². The number of amides is 1. The van der Waals surface area contributed by atoms with Crippen molar-refractivity contribution in [3.05, 3.63) is 47.8 Å². The molecule has 0 aromatic heterocycles. The van der Waals surface area contributed by atoms with Crippen LogP contribution in [0.2, 0.25) is 0 Å². The van der Waals surface area contributed by atoms with Gasteiger partial charge in [-0.1, -0.05) is 0 Å². The zero-order chi connectivity index (χ0) is 24.0. The molecule has 0 aliphatic carbocycles. The number of ether oxygens (including phenoxy) is 3. The first-order valence-corrected chi connectivity index (χ1v) is 12.0. The van der Waals surface area contributed by atoms with E-state index in [0.29, 0.717) is 43.4 Å². The van der Waals surface area contributed by atoms with Crippen LogP contribution >= 0.6 is 0 Å². The number of halogens is 1. The standard InChI is InChI=1S/C22H28FN3O6S/c1-30-19-14-16(15-20(31-2)21(19)32-3)22(27)24-8-13-33(28,29)26-11-9-25(10-12-26)18-6-4-17(23)5-7-18/h4-7,14-15H,8-13H2,1-3H3,(H,24,27). The maximum Gasteiger partial charge on any atom is 0.251 e. The molecule has 2 aromatic rings. The highest BCUT2D eigenvalue weighted by Crippen LogP contribution is 2.38. The van der Waals surface area contributed by atoms with Crippen molar-refractivity contribution in [2.75, 3.05) is 64.7 Å². The molecule has 0 unspecified atom stereocenters. The third-order valence-corrected chi connectivity index (χ3v) is 7.27. The third kappa shape index (κ3) is 5.85. The van der Waals surface area contributed by atoms with Gasteiger partial charge >= 0.3 is 0 Å². The van der Waals surface area contributed by atoms with Gasteiger partial charge in [0, 0.05) is 44.0 Å². The summed E-state index contributed by atoms with van der Waals surface area (Å²) in [4.78, 5) is 14.6. The van der Waals surface area contributed by atoms with Crippen LogP contribution in [0, 0.1) is 5.82 Å².